The molecule has 2 amide bonds. The monoisotopic (exact) mass is 355 g/mol. The van der Waals surface area contributed by atoms with E-state index >= 15 is 0 Å². The maximum Gasteiger partial charge on any atom is 0.240 e. The van der Waals surface area contributed by atoms with Gasteiger partial charge in [-0.1, -0.05) is 35.5 Å². The van der Waals surface area contributed by atoms with E-state index in [2.05, 4.69) is 15.6 Å². The van der Waals surface area contributed by atoms with Crippen molar-refractivity contribution in [3.8, 4) is 0 Å². The first-order valence-corrected chi connectivity index (χ1v) is 8.34. The van der Waals surface area contributed by atoms with Crippen LogP contribution in [0.15, 0.2) is 29.3 Å². The van der Waals surface area contributed by atoms with Crippen LogP contribution >= 0.6 is 23.4 Å². The van der Waals surface area contributed by atoms with Crippen LogP contribution in [0.1, 0.15) is 13.3 Å². The van der Waals surface area contributed by atoms with Crippen LogP contribution in [0, 0.1) is 0 Å². The number of carbonyl (C=O) groups excluding carboxylic acids is 2. The second kappa shape index (κ2) is 8.33. The number of rotatable bonds is 6. The first-order valence-electron chi connectivity index (χ1n) is 7.08. The van der Waals surface area contributed by atoms with Crippen molar-refractivity contribution in [2.24, 2.45) is 4.99 Å². The Bertz CT molecular complexity index is 624. The minimum Gasteiger partial charge on any atom is -0.382 e. The van der Waals surface area contributed by atoms with Crippen molar-refractivity contribution in [3.63, 3.8) is 0 Å². The lowest BCUT2D eigenvalue weighted by molar-refractivity contribution is -0.122. The van der Waals surface area contributed by atoms with E-state index in [1.54, 1.807) is 31.4 Å². The van der Waals surface area contributed by atoms with Crippen LogP contribution < -0.4 is 10.6 Å². The fourth-order valence-electron chi connectivity index (χ4n) is 2.01. The molecule has 1 saturated heterocycles. The third-order valence-electron chi connectivity index (χ3n) is 3.04. The Balaban J connectivity index is 1.91. The first kappa shape index (κ1) is 17.8. The van der Waals surface area contributed by atoms with E-state index in [0.29, 0.717) is 22.5 Å². The van der Waals surface area contributed by atoms with Gasteiger partial charge in [0.15, 0.2) is 5.17 Å². The Kier molecular flexibility index (Phi) is 6.44. The highest BCUT2D eigenvalue weighted by molar-refractivity contribution is 8.15. The van der Waals surface area contributed by atoms with E-state index in [1.165, 1.54) is 11.8 Å². The lowest BCUT2D eigenvalue weighted by Crippen LogP contribution is -2.28. The molecule has 0 spiro atoms. The number of nitrogens with zero attached hydrogens (tertiary/aromatic N) is 1. The molecule has 0 saturated carbocycles. The van der Waals surface area contributed by atoms with Gasteiger partial charge in [-0.25, -0.2) is 0 Å². The molecule has 2 atom stereocenters. The number of anilines is 1. The normalized spacial score (nSPS) is 20.4. The highest BCUT2D eigenvalue weighted by atomic mass is 35.5. The Labute approximate surface area is 144 Å². The van der Waals surface area contributed by atoms with Crippen molar-refractivity contribution >= 4 is 46.0 Å². The van der Waals surface area contributed by atoms with Gasteiger partial charge in [0.2, 0.25) is 11.8 Å². The number of methoxy groups -OCH3 is 1. The molecule has 1 aromatic carbocycles. The molecule has 0 radical (unpaired) electrons. The fourth-order valence-corrected chi connectivity index (χ4v) is 3.26. The second-order valence-electron chi connectivity index (χ2n) is 5.07. The van der Waals surface area contributed by atoms with Crippen LogP contribution in [0.4, 0.5) is 5.69 Å². The van der Waals surface area contributed by atoms with Crippen LogP contribution in [0.5, 0.6) is 0 Å². The number of hydrogen-bond donors (Lipinski definition) is 2. The summed E-state index contributed by atoms with van der Waals surface area (Å²) in [5.41, 5.74) is 0.533. The summed E-state index contributed by atoms with van der Waals surface area (Å²) in [4.78, 5) is 28.3. The zero-order valence-electron chi connectivity index (χ0n) is 12.8. The predicted octanol–water partition coefficient (Wildman–Crippen LogP) is 2.29. The molecule has 0 aliphatic carbocycles. The van der Waals surface area contributed by atoms with E-state index in [9.17, 15) is 9.59 Å². The van der Waals surface area contributed by atoms with Crippen LogP contribution in [0.3, 0.4) is 0 Å². The topological polar surface area (TPSA) is 79.8 Å². The summed E-state index contributed by atoms with van der Waals surface area (Å²) in [6.45, 7) is 2.36. The van der Waals surface area contributed by atoms with Crippen LogP contribution in [0.2, 0.25) is 5.02 Å². The Morgan fingerprint density at radius 2 is 2.26 bits per heavy atom. The van der Waals surface area contributed by atoms with Crippen molar-refractivity contribution < 1.29 is 14.3 Å². The number of thioether (sulfide) groups is 1. The summed E-state index contributed by atoms with van der Waals surface area (Å²) in [5.74, 6) is -0.482. The molecule has 1 aliphatic rings. The zero-order valence-corrected chi connectivity index (χ0v) is 14.4. The third kappa shape index (κ3) is 5.23. The lowest BCUT2D eigenvalue weighted by Gasteiger charge is -2.08. The number of benzene rings is 1. The maximum atomic E-state index is 12.1. The van der Waals surface area contributed by atoms with Crippen molar-refractivity contribution in [1.82, 2.24) is 5.32 Å². The molecular formula is C15H18ClN3O3S. The smallest absolute Gasteiger partial charge is 0.240 e. The van der Waals surface area contributed by atoms with Crippen LogP contribution in [-0.2, 0) is 14.3 Å². The van der Waals surface area contributed by atoms with Gasteiger partial charge in [0.25, 0.3) is 0 Å². The third-order valence-corrected chi connectivity index (χ3v) is 4.47. The summed E-state index contributed by atoms with van der Waals surface area (Å²) in [6.07, 6.45) is 0.0550. The molecule has 1 heterocycles. The van der Waals surface area contributed by atoms with Crippen LogP contribution in [0.25, 0.3) is 0 Å². The molecule has 6 nitrogen and oxygen atoms in total. The molecule has 0 bridgehead atoms. The van der Waals surface area contributed by atoms with Gasteiger partial charge in [0.05, 0.1) is 23.4 Å². The van der Waals surface area contributed by atoms with Gasteiger partial charge in [0, 0.05) is 13.5 Å². The van der Waals surface area contributed by atoms with Gasteiger partial charge in [0.1, 0.15) is 5.25 Å². The second-order valence-corrected chi connectivity index (χ2v) is 6.67. The van der Waals surface area contributed by atoms with Gasteiger partial charge in [-0.05, 0) is 19.1 Å². The Hall–Kier alpha value is -1.57. The summed E-state index contributed by atoms with van der Waals surface area (Å²) in [5, 5.41) is 5.88. The zero-order chi connectivity index (χ0) is 16.8. The number of aliphatic imine (C=N–C) groups is 1. The van der Waals surface area contributed by atoms with Gasteiger partial charge in [-0.2, -0.15) is 0 Å². The van der Waals surface area contributed by atoms with E-state index in [-0.39, 0.29) is 24.3 Å². The van der Waals surface area contributed by atoms with Crippen molar-refractivity contribution in [3.05, 3.63) is 29.3 Å². The van der Waals surface area contributed by atoms with Crippen LogP contribution in [-0.4, -0.2) is 42.0 Å². The maximum absolute atomic E-state index is 12.1. The summed E-state index contributed by atoms with van der Waals surface area (Å²) < 4.78 is 5.00. The molecule has 0 unspecified atom stereocenters. The highest BCUT2D eigenvalue weighted by Gasteiger charge is 2.32. The quantitative estimate of drug-likeness (QED) is 0.820. The largest absolute Gasteiger partial charge is 0.382 e. The standard InChI is InChI=1S/C15H18ClN3O3S/c1-9(8-22-2)17-15-19-14(21)12(23-15)7-13(20)18-11-6-4-3-5-10(11)16/h3-6,9,12H,7-8H2,1-2H3,(H,18,20)(H,17,19,21)/t9-,12-/m0/s1. The summed E-state index contributed by atoms with van der Waals surface area (Å²) >= 11 is 7.25. The highest BCUT2D eigenvalue weighted by Crippen LogP contribution is 2.25. The van der Waals surface area contributed by atoms with E-state index in [0.717, 1.165) is 0 Å². The Morgan fingerprint density at radius 3 is 2.96 bits per heavy atom. The number of amidine groups is 1. The molecule has 124 valence electrons. The molecular weight excluding hydrogens is 338 g/mol. The van der Waals surface area contributed by atoms with Crippen molar-refractivity contribution in [1.29, 1.82) is 0 Å². The fraction of sp³-hybridized carbons (Fsp3) is 0.400. The SMILES string of the molecule is COC[C@H](C)N=C1NC(=O)[C@H](CC(=O)Nc2ccccc2Cl)S1. The number of carbonyl (C=O) groups is 2. The van der Waals surface area contributed by atoms with Gasteiger partial charge in [-0.15, -0.1) is 0 Å². The van der Waals surface area contributed by atoms with Gasteiger partial charge >= 0.3 is 0 Å². The first-order chi connectivity index (χ1) is 11.0. The molecule has 8 heteroatoms. The van der Waals surface area contributed by atoms with Crippen molar-refractivity contribution in [2.45, 2.75) is 24.6 Å². The molecule has 1 fully saturated rings. The number of nitrogens with one attached hydrogen (secondary N) is 2. The van der Waals surface area contributed by atoms with Crippen molar-refractivity contribution in [2.75, 3.05) is 19.0 Å². The lowest BCUT2D eigenvalue weighted by atomic mass is 10.2. The van der Waals surface area contributed by atoms with Gasteiger partial charge < -0.3 is 15.4 Å². The molecule has 1 aromatic rings. The molecule has 1 aliphatic heterocycles. The summed E-state index contributed by atoms with van der Waals surface area (Å²) in [6, 6.07) is 6.90. The average Bonchev–Trinajstić information content (AvgIpc) is 2.81. The minimum absolute atomic E-state index is 0.0550. The molecule has 0 aromatic heterocycles. The Morgan fingerprint density at radius 1 is 1.52 bits per heavy atom. The number of para-hydroxylation sites is 1. The molecule has 2 N–H and O–H groups in total. The van der Waals surface area contributed by atoms with E-state index in [1.807, 2.05) is 6.92 Å². The number of hydrogen-bond acceptors (Lipinski definition) is 5. The molecule has 2 rings (SSSR count). The van der Waals surface area contributed by atoms with E-state index < -0.39 is 5.25 Å². The van der Waals surface area contributed by atoms with Gasteiger partial charge in [-0.3, -0.25) is 14.6 Å². The predicted molar refractivity (Wildman–Crippen MR) is 93.0 cm³/mol. The molecule has 23 heavy (non-hydrogen) atoms. The van der Waals surface area contributed by atoms with E-state index in [4.69, 9.17) is 16.3 Å². The number of amides is 2. The average molecular weight is 356 g/mol. The number of halogens is 1. The number of ether oxygens (including phenoxy) is 1. The summed E-state index contributed by atoms with van der Waals surface area (Å²) in [7, 11) is 1.60. The minimum atomic E-state index is -0.494.